The Balaban J connectivity index is 1.82. The number of rotatable bonds is 5. The molecule has 2 heterocycles. The highest BCUT2D eigenvalue weighted by molar-refractivity contribution is 7.91. The molecule has 1 fully saturated rings. The van der Waals surface area contributed by atoms with Crippen LogP contribution < -0.4 is 10.3 Å². The van der Waals surface area contributed by atoms with Gasteiger partial charge in [-0.3, -0.25) is 9.59 Å². The van der Waals surface area contributed by atoms with E-state index in [1.807, 2.05) is 0 Å². The second kappa shape index (κ2) is 7.70. The molecule has 1 unspecified atom stereocenters. The van der Waals surface area contributed by atoms with Crippen molar-refractivity contribution in [2.45, 2.75) is 19.0 Å². The number of ether oxygens (including phenoxy) is 1. The number of sulfone groups is 1. The van der Waals surface area contributed by atoms with Gasteiger partial charge >= 0.3 is 0 Å². The molecule has 1 aromatic heterocycles. The molecule has 0 aliphatic carbocycles. The molecule has 8 nitrogen and oxygen atoms in total. The van der Waals surface area contributed by atoms with Crippen LogP contribution in [-0.4, -0.2) is 60.7 Å². The molecule has 0 N–H and O–H groups in total. The van der Waals surface area contributed by atoms with Gasteiger partial charge in [-0.15, -0.1) is 0 Å². The van der Waals surface area contributed by atoms with Crippen LogP contribution in [-0.2, 0) is 21.2 Å². The van der Waals surface area contributed by atoms with Crippen LogP contribution in [0.5, 0.6) is 5.75 Å². The molecule has 1 aliphatic heterocycles. The monoisotopic (exact) mass is 409 g/mol. The molecule has 1 atom stereocenters. The average molecular weight is 409 g/mol. The number of halogens is 1. The predicted octanol–water partition coefficient (Wildman–Crippen LogP) is 0.703. The van der Waals surface area contributed by atoms with Crippen LogP contribution in [0.4, 0.5) is 4.39 Å². The van der Waals surface area contributed by atoms with Gasteiger partial charge in [0.05, 0.1) is 24.3 Å². The average Bonchev–Trinajstić information content (AvgIpc) is 3.02. The molecule has 0 spiro atoms. The van der Waals surface area contributed by atoms with Crippen molar-refractivity contribution in [3.8, 4) is 17.0 Å². The SMILES string of the molecule is COc1ccc(-c2ccc(=O)n(CC(=O)N(C)C3CCS(=O)(=O)C3)n2)c(F)c1. The van der Waals surface area contributed by atoms with E-state index in [4.69, 9.17) is 4.74 Å². The van der Waals surface area contributed by atoms with Crippen molar-refractivity contribution in [1.82, 2.24) is 14.7 Å². The molecule has 2 aromatic rings. The zero-order valence-electron chi connectivity index (χ0n) is 15.5. The standard InChI is InChI=1S/C18H20FN3O5S/c1-21(12-7-8-28(25,26)11-12)18(24)10-22-17(23)6-5-16(20-22)14-4-3-13(27-2)9-15(14)19/h3-6,9,12H,7-8,10-11H2,1-2H3. The van der Waals surface area contributed by atoms with Crippen molar-refractivity contribution in [2.24, 2.45) is 0 Å². The Morgan fingerprint density at radius 3 is 2.71 bits per heavy atom. The Morgan fingerprint density at radius 1 is 1.36 bits per heavy atom. The summed E-state index contributed by atoms with van der Waals surface area (Å²) in [5, 5.41) is 4.09. The van der Waals surface area contributed by atoms with Gasteiger partial charge in [0.2, 0.25) is 5.91 Å². The Hall–Kier alpha value is -2.75. The normalized spacial score (nSPS) is 18.0. The summed E-state index contributed by atoms with van der Waals surface area (Å²) in [4.78, 5) is 25.9. The number of likely N-dealkylation sites (N-methyl/N-ethyl adjacent to an activating group) is 1. The number of carbonyl (C=O) groups excluding carboxylic acids is 1. The largest absolute Gasteiger partial charge is 0.497 e. The van der Waals surface area contributed by atoms with Crippen LogP contribution in [0, 0.1) is 5.82 Å². The van der Waals surface area contributed by atoms with Crippen LogP contribution in [0.15, 0.2) is 35.1 Å². The summed E-state index contributed by atoms with van der Waals surface area (Å²) < 4.78 is 43.4. The van der Waals surface area contributed by atoms with Gasteiger partial charge in [-0.2, -0.15) is 5.10 Å². The van der Waals surface area contributed by atoms with Crippen LogP contribution in [0.1, 0.15) is 6.42 Å². The molecule has 1 saturated heterocycles. The van der Waals surface area contributed by atoms with Crippen LogP contribution in [0.2, 0.25) is 0 Å². The molecule has 0 bridgehead atoms. The van der Waals surface area contributed by atoms with Crippen LogP contribution in [0.3, 0.4) is 0 Å². The van der Waals surface area contributed by atoms with Crippen molar-refractivity contribution in [1.29, 1.82) is 0 Å². The summed E-state index contributed by atoms with van der Waals surface area (Å²) >= 11 is 0. The third-order valence-corrected chi connectivity index (χ3v) is 6.50. The first-order valence-corrected chi connectivity index (χ1v) is 10.4. The van der Waals surface area contributed by atoms with E-state index in [1.54, 1.807) is 6.07 Å². The summed E-state index contributed by atoms with van der Waals surface area (Å²) in [6.07, 6.45) is 0.365. The number of aromatic nitrogens is 2. The molecule has 0 saturated carbocycles. The minimum Gasteiger partial charge on any atom is -0.497 e. The zero-order chi connectivity index (χ0) is 20.5. The lowest BCUT2D eigenvalue weighted by Gasteiger charge is -2.23. The van der Waals surface area contributed by atoms with Gasteiger partial charge in [0.15, 0.2) is 9.84 Å². The molecule has 10 heteroatoms. The Labute approximate surface area is 161 Å². The van der Waals surface area contributed by atoms with E-state index in [1.165, 1.54) is 43.3 Å². The van der Waals surface area contributed by atoms with Gasteiger partial charge in [0, 0.05) is 30.8 Å². The quantitative estimate of drug-likeness (QED) is 0.721. The molecule has 150 valence electrons. The maximum absolute atomic E-state index is 14.3. The van der Waals surface area contributed by atoms with Crippen LogP contribution >= 0.6 is 0 Å². The molecule has 3 rings (SSSR count). The smallest absolute Gasteiger partial charge is 0.267 e. The summed E-state index contributed by atoms with van der Waals surface area (Å²) in [5.41, 5.74) is -0.158. The maximum atomic E-state index is 14.3. The lowest BCUT2D eigenvalue weighted by molar-refractivity contribution is -0.132. The third-order valence-electron chi connectivity index (χ3n) is 4.75. The van der Waals surface area contributed by atoms with Gasteiger partial charge < -0.3 is 9.64 Å². The maximum Gasteiger partial charge on any atom is 0.267 e. The van der Waals surface area contributed by atoms with Crippen molar-refractivity contribution in [2.75, 3.05) is 25.7 Å². The molecule has 1 aliphatic rings. The van der Waals surface area contributed by atoms with Gasteiger partial charge in [-0.1, -0.05) is 0 Å². The van der Waals surface area contributed by atoms with Gasteiger partial charge in [-0.25, -0.2) is 17.5 Å². The summed E-state index contributed by atoms with van der Waals surface area (Å²) in [7, 11) is -0.211. The van der Waals surface area contributed by atoms with Crippen molar-refractivity contribution in [3.63, 3.8) is 0 Å². The third kappa shape index (κ3) is 4.22. The fourth-order valence-corrected chi connectivity index (χ4v) is 4.83. The lowest BCUT2D eigenvalue weighted by atomic mass is 10.1. The van der Waals surface area contributed by atoms with E-state index in [9.17, 15) is 22.4 Å². The second-order valence-corrected chi connectivity index (χ2v) is 8.85. The number of amides is 1. The minimum absolute atomic E-state index is 0.0414. The topological polar surface area (TPSA) is 98.6 Å². The number of carbonyl (C=O) groups is 1. The van der Waals surface area contributed by atoms with Crippen molar-refractivity contribution < 1.29 is 22.3 Å². The summed E-state index contributed by atoms with van der Waals surface area (Å²) in [6.45, 7) is -0.364. The highest BCUT2D eigenvalue weighted by atomic mass is 32.2. The number of methoxy groups -OCH3 is 1. The van der Waals surface area contributed by atoms with E-state index >= 15 is 0 Å². The molecular formula is C18H20FN3O5S. The summed E-state index contributed by atoms with van der Waals surface area (Å²) in [5.74, 6) is -0.715. The van der Waals surface area contributed by atoms with Crippen molar-refractivity contribution >= 4 is 15.7 Å². The molecule has 1 aromatic carbocycles. The second-order valence-electron chi connectivity index (χ2n) is 6.62. The first-order valence-electron chi connectivity index (χ1n) is 8.58. The van der Waals surface area contributed by atoms with E-state index < -0.39 is 33.2 Å². The zero-order valence-corrected chi connectivity index (χ0v) is 16.3. The van der Waals surface area contributed by atoms with Gasteiger partial charge in [0.1, 0.15) is 18.1 Å². The predicted molar refractivity (Wildman–Crippen MR) is 100 cm³/mol. The number of hydrogen-bond donors (Lipinski definition) is 0. The molecule has 28 heavy (non-hydrogen) atoms. The molecule has 0 radical (unpaired) electrons. The van der Waals surface area contributed by atoms with Crippen molar-refractivity contribution in [3.05, 3.63) is 46.5 Å². The minimum atomic E-state index is -3.14. The number of benzene rings is 1. The van der Waals surface area contributed by atoms with Gasteiger partial charge in [-0.05, 0) is 24.6 Å². The van der Waals surface area contributed by atoms with E-state index in [-0.39, 0.29) is 29.3 Å². The van der Waals surface area contributed by atoms with Gasteiger partial charge in [0.25, 0.3) is 5.56 Å². The first-order chi connectivity index (χ1) is 13.2. The van der Waals surface area contributed by atoms with Crippen LogP contribution in [0.25, 0.3) is 11.3 Å². The molecular weight excluding hydrogens is 389 g/mol. The Bertz CT molecular complexity index is 1070. The highest BCUT2D eigenvalue weighted by Crippen LogP contribution is 2.24. The Kier molecular flexibility index (Phi) is 5.50. The highest BCUT2D eigenvalue weighted by Gasteiger charge is 2.32. The Morgan fingerprint density at radius 2 is 2.11 bits per heavy atom. The fourth-order valence-electron chi connectivity index (χ4n) is 3.06. The number of nitrogens with zero attached hydrogens (tertiary/aromatic N) is 3. The van der Waals surface area contributed by atoms with E-state index in [0.29, 0.717) is 12.2 Å². The molecule has 1 amide bonds. The first kappa shape index (κ1) is 20.0. The van der Waals surface area contributed by atoms with E-state index in [2.05, 4.69) is 5.10 Å². The number of hydrogen-bond acceptors (Lipinski definition) is 6. The summed E-state index contributed by atoms with van der Waals surface area (Å²) in [6, 6.07) is 6.40. The van der Waals surface area contributed by atoms with E-state index in [0.717, 1.165) is 4.68 Å². The fraction of sp³-hybridized carbons (Fsp3) is 0.389. The lowest BCUT2D eigenvalue weighted by Crippen LogP contribution is -2.41.